The summed E-state index contributed by atoms with van der Waals surface area (Å²) >= 11 is 0. The van der Waals surface area contributed by atoms with E-state index in [-0.39, 0.29) is 0 Å². The van der Waals surface area contributed by atoms with E-state index in [0.717, 1.165) is 24.4 Å². The Kier molecular flexibility index (Phi) is 4.65. The molecule has 0 aliphatic carbocycles. The number of anilines is 1. The molecule has 0 saturated heterocycles. The van der Waals surface area contributed by atoms with Crippen LogP contribution in [0, 0.1) is 18.3 Å². The third-order valence-electron chi connectivity index (χ3n) is 2.15. The van der Waals surface area contributed by atoms with Crippen molar-refractivity contribution in [3.05, 3.63) is 29.3 Å². The van der Waals surface area contributed by atoms with Gasteiger partial charge in [0, 0.05) is 13.2 Å². The number of benzene rings is 1. The minimum absolute atomic E-state index is 0.662. The van der Waals surface area contributed by atoms with Gasteiger partial charge in [0.15, 0.2) is 0 Å². The van der Waals surface area contributed by atoms with E-state index in [2.05, 4.69) is 11.4 Å². The van der Waals surface area contributed by atoms with Gasteiger partial charge in [0.1, 0.15) is 6.07 Å². The molecule has 1 N–H and O–H groups in total. The molecule has 0 aromatic heterocycles. The van der Waals surface area contributed by atoms with Crippen LogP contribution in [0.25, 0.3) is 0 Å². The monoisotopic (exact) mass is 204 g/mol. The lowest BCUT2D eigenvalue weighted by molar-refractivity contribution is 0.158. The van der Waals surface area contributed by atoms with Gasteiger partial charge in [-0.1, -0.05) is 12.1 Å². The molecule has 0 spiro atoms. The van der Waals surface area contributed by atoms with Crippen LogP contribution >= 0.6 is 0 Å². The molecule has 1 aromatic rings. The first-order chi connectivity index (χ1) is 7.29. The first-order valence-corrected chi connectivity index (χ1v) is 5.11. The van der Waals surface area contributed by atoms with Crippen molar-refractivity contribution in [3.8, 4) is 6.07 Å². The molecule has 0 radical (unpaired) electrons. The van der Waals surface area contributed by atoms with Crippen molar-refractivity contribution < 1.29 is 4.74 Å². The average Bonchev–Trinajstić information content (AvgIpc) is 2.24. The molecule has 15 heavy (non-hydrogen) atoms. The molecule has 3 nitrogen and oxygen atoms in total. The molecule has 0 aliphatic heterocycles. The molecule has 0 atom stereocenters. The van der Waals surface area contributed by atoms with Crippen LogP contribution in [0.4, 0.5) is 5.69 Å². The summed E-state index contributed by atoms with van der Waals surface area (Å²) in [6.07, 6.45) is 0. The fourth-order valence-electron chi connectivity index (χ4n) is 1.37. The number of nitrogens with zero attached hydrogens (tertiary/aromatic N) is 1. The SMILES string of the molecule is CCOCCNc1cccc(C)c1C#N. The van der Waals surface area contributed by atoms with Crippen molar-refractivity contribution in [1.82, 2.24) is 0 Å². The van der Waals surface area contributed by atoms with E-state index in [9.17, 15) is 0 Å². The van der Waals surface area contributed by atoms with E-state index in [1.807, 2.05) is 32.0 Å². The van der Waals surface area contributed by atoms with Crippen LogP contribution in [0.15, 0.2) is 18.2 Å². The van der Waals surface area contributed by atoms with Crippen LogP contribution in [-0.4, -0.2) is 19.8 Å². The summed E-state index contributed by atoms with van der Waals surface area (Å²) < 4.78 is 5.21. The van der Waals surface area contributed by atoms with Crippen molar-refractivity contribution in [3.63, 3.8) is 0 Å². The zero-order valence-electron chi connectivity index (χ0n) is 9.21. The number of aryl methyl sites for hydroxylation is 1. The minimum Gasteiger partial charge on any atom is -0.382 e. The average molecular weight is 204 g/mol. The Labute approximate surface area is 90.7 Å². The first kappa shape index (κ1) is 11.5. The largest absolute Gasteiger partial charge is 0.382 e. The maximum absolute atomic E-state index is 8.98. The van der Waals surface area contributed by atoms with Crippen molar-refractivity contribution >= 4 is 5.69 Å². The predicted molar refractivity (Wildman–Crippen MR) is 60.9 cm³/mol. The standard InChI is InChI=1S/C12H16N2O/c1-3-15-8-7-14-12-6-4-5-10(2)11(12)9-13/h4-6,14H,3,7-8H2,1-2H3. The normalized spacial score (nSPS) is 9.67. The lowest BCUT2D eigenvalue weighted by atomic mass is 10.1. The van der Waals surface area contributed by atoms with E-state index < -0.39 is 0 Å². The maximum atomic E-state index is 8.98. The Hall–Kier alpha value is -1.53. The number of ether oxygens (including phenoxy) is 1. The summed E-state index contributed by atoms with van der Waals surface area (Å²) in [4.78, 5) is 0. The molecule has 1 aromatic carbocycles. The molecule has 0 aliphatic rings. The number of nitrogens with one attached hydrogen (secondary N) is 1. The van der Waals surface area contributed by atoms with Gasteiger partial charge >= 0.3 is 0 Å². The Morgan fingerprint density at radius 3 is 2.93 bits per heavy atom. The molecule has 80 valence electrons. The topological polar surface area (TPSA) is 45.0 Å². The van der Waals surface area contributed by atoms with E-state index in [4.69, 9.17) is 10.00 Å². The number of rotatable bonds is 5. The minimum atomic E-state index is 0.662. The van der Waals surface area contributed by atoms with Gasteiger partial charge in [-0.25, -0.2) is 0 Å². The van der Waals surface area contributed by atoms with Gasteiger partial charge in [-0.2, -0.15) is 5.26 Å². The van der Waals surface area contributed by atoms with Crippen LogP contribution in [0.3, 0.4) is 0 Å². The quantitative estimate of drug-likeness (QED) is 0.748. The highest BCUT2D eigenvalue weighted by molar-refractivity contribution is 5.60. The zero-order valence-corrected chi connectivity index (χ0v) is 9.21. The van der Waals surface area contributed by atoms with Crippen LogP contribution in [0.1, 0.15) is 18.1 Å². The van der Waals surface area contributed by atoms with Crippen molar-refractivity contribution in [1.29, 1.82) is 5.26 Å². The molecule has 0 bridgehead atoms. The van der Waals surface area contributed by atoms with Crippen molar-refractivity contribution in [2.24, 2.45) is 0 Å². The Morgan fingerprint density at radius 2 is 2.27 bits per heavy atom. The van der Waals surface area contributed by atoms with Crippen LogP contribution in [0.2, 0.25) is 0 Å². The lowest BCUT2D eigenvalue weighted by Crippen LogP contribution is -2.10. The first-order valence-electron chi connectivity index (χ1n) is 5.11. The van der Waals surface area contributed by atoms with E-state index >= 15 is 0 Å². The van der Waals surface area contributed by atoms with E-state index in [1.165, 1.54) is 0 Å². The molecule has 3 heteroatoms. The highest BCUT2D eigenvalue weighted by Crippen LogP contribution is 2.17. The summed E-state index contributed by atoms with van der Waals surface area (Å²) in [7, 11) is 0. The van der Waals surface area contributed by atoms with Gasteiger partial charge < -0.3 is 10.1 Å². The number of hydrogen-bond acceptors (Lipinski definition) is 3. The second-order valence-corrected chi connectivity index (χ2v) is 3.23. The Balaban J connectivity index is 2.61. The van der Waals surface area contributed by atoms with Gasteiger partial charge in [-0.15, -0.1) is 0 Å². The predicted octanol–water partition coefficient (Wildman–Crippen LogP) is 2.32. The van der Waals surface area contributed by atoms with Crippen LogP contribution < -0.4 is 5.32 Å². The van der Waals surface area contributed by atoms with Crippen molar-refractivity contribution in [2.45, 2.75) is 13.8 Å². The van der Waals surface area contributed by atoms with Gasteiger partial charge in [-0.3, -0.25) is 0 Å². The number of hydrogen-bond donors (Lipinski definition) is 1. The molecule has 0 heterocycles. The van der Waals surface area contributed by atoms with Crippen LogP contribution in [0.5, 0.6) is 0 Å². The fourth-order valence-corrected chi connectivity index (χ4v) is 1.37. The van der Waals surface area contributed by atoms with Gasteiger partial charge in [0.25, 0.3) is 0 Å². The third kappa shape index (κ3) is 3.26. The highest BCUT2D eigenvalue weighted by atomic mass is 16.5. The van der Waals surface area contributed by atoms with Crippen molar-refractivity contribution in [2.75, 3.05) is 25.1 Å². The summed E-state index contributed by atoms with van der Waals surface area (Å²) in [5, 5.41) is 12.2. The maximum Gasteiger partial charge on any atom is 0.102 e. The summed E-state index contributed by atoms with van der Waals surface area (Å²) in [5.41, 5.74) is 2.60. The molecular weight excluding hydrogens is 188 g/mol. The smallest absolute Gasteiger partial charge is 0.102 e. The molecule has 1 rings (SSSR count). The fraction of sp³-hybridized carbons (Fsp3) is 0.417. The summed E-state index contributed by atoms with van der Waals surface area (Å²) in [6.45, 7) is 6.02. The second-order valence-electron chi connectivity index (χ2n) is 3.23. The summed E-state index contributed by atoms with van der Waals surface area (Å²) in [5.74, 6) is 0. The second kappa shape index (κ2) is 6.05. The molecular formula is C12H16N2O. The lowest BCUT2D eigenvalue weighted by Gasteiger charge is -2.09. The van der Waals surface area contributed by atoms with Crippen LogP contribution in [-0.2, 0) is 4.74 Å². The molecule has 0 unspecified atom stereocenters. The van der Waals surface area contributed by atoms with E-state index in [0.29, 0.717) is 12.2 Å². The molecule has 0 saturated carbocycles. The molecule has 0 amide bonds. The van der Waals surface area contributed by atoms with Gasteiger partial charge in [-0.05, 0) is 25.5 Å². The van der Waals surface area contributed by atoms with E-state index in [1.54, 1.807) is 0 Å². The number of nitriles is 1. The molecule has 0 fully saturated rings. The highest BCUT2D eigenvalue weighted by Gasteiger charge is 2.03. The van der Waals surface area contributed by atoms with Gasteiger partial charge in [0.2, 0.25) is 0 Å². The zero-order chi connectivity index (χ0) is 11.1. The third-order valence-corrected chi connectivity index (χ3v) is 2.15. The van der Waals surface area contributed by atoms with Gasteiger partial charge in [0.05, 0.1) is 17.9 Å². The Morgan fingerprint density at radius 1 is 1.47 bits per heavy atom. The Bertz CT molecular complexity index is 355. The summed E-state index contributed by atoms with van der Waals surface area (Å²) in [6, 6.07) is 8.00.